The fourth-order valence-electron chi connectivity index (χ4n) is 11.9. The number of aliphatic hydroxyl groups excluding tert-OH is 1. The van der Waals surface area contributed by atoms with Gasteiger partial charge in [-0.25, -0.2) is 4.79 Å². The van der Waals surface area contributed by atoms with Gasteiger partial charge in [0.25, 0.3) is 0 Å². The molecule has 4 fully saturated rings. The summed E-state index contributed by atoms with van der Waals surface area (Å²) < 4.78 is 5.36. The number of hydrogen-bond donors (Lipinski definition) is 2. The number of aliphatic hydroxyl groups is 1. The minimum Gasteiger partial charge on any atom is -0.444 e. The summed E-state index contributed by atoms with van der Waals surface area (Å²) in [6.07, 6.45) is 8.68. The number of fused-ring (bicyclic) bond motifs is 7. The van der Waals surface area contributed by atoms with Crippen molar-refractivity contribution in [3.8, 4) is 0 Å². The molecule has 5 rings (SSSR count). The normalized spacial score (nSPS) is 41.4. The largest absolute Gasteiger partial charge is 0.444 e. The molecular formula is C38H61NO5. The van der Waals surface area contributed by atoms with E-state index in [2.05, 4.69) is 53.8 Å². The van der Waals surface area contributed by atoms with E-state index in [4.69, 9.17) is 4.74 Å². The Hall–Kier alpha value is -1.69. The van der Waals surface area contributed by atoms with Gasteiger partial charge in [-0.3, -0.25) is 9.59 Å². The first-order valence-corrected chi connectivity index (χ1v) is 17.7. The second kappa shape index (κ2) is 10.9. The molecule has 44 heavy (non-hydrogen) atoms. The topological polar surface area (TPSA) is 92.7 Å². The van der Waals surface area contributed by atoms with Crippen molar-refractivity contribution < 1.29 is 24.2 Å². The van der Waals surface area contributed by atoms with Crippen LogP contribution in [0.15, 0.2) is 11.1 Å². The van der Waals surface area contributed by atoms with Crippen LogP contribution in [0, 0.1) is 50.7 Å². The number of carbonyl (C=O) groups is 3. The van der Waals surface area contributed by atoms with Crippen molar-refractivity contribution in [2.45, 2.75) is 152 Å². The van der Waals surface area contributed by atoms with Crippen molar-refractivity contribution in [2.75, 3.05) is 6.54 Å². The van der Waals surface area contributed by atoms with Crippen molar-refractivity contribution in [3.63, 3.8) is 0 Å². The Bertz CT molecular complexity index is 1230. The molecule has 5 aliphatic carbocycles. The standard InChI is InChI=1S/C38H61NO5/c1-23(2)30-25(40)22-38(29(42)12-11-21-39-32(43)44-33(3,4)5)20-19-36(9)24(31(30)38)13-14-27-35(8)17-16-28(41)34(6,7)26(35)15-18-37(27,36)10/h23-24,26-28,41H,11-22H2,1-10H3,(H,39,43)/t24-,26+,27-,28+,35+,36-,37-,38+/m1/s1. The Kier molecular flexibility index (Phi) is 8.38. The Labute approximate surface area is 266 Å². The highest BCUT2D eigenvalue weighted by Gasteiger charge is 2.70. The first-order valence-electron chi connectivity index (χ1n) is 17.7. The molecule has 0 aromatic rings. The van der Waals surface area contributed by atoms with Gasteiger partial charge < -0.3 is 15.2 Å². The van der Waals surface area contributed by atoms with Crippen LogP contribution >= 0.6 is 0 Å². The van der Waals surface area contributed by atoms with Gasteiger partial charge in [-0.05, 0) is 135 Å². The monoisotopic (exact) mass is 611 g/mol. The lowest BCUT2D eigenvalue weighted by Gasteiger charge is -2.72. The molecule has 248 valence electrons. The minimum atomic E-state index is -0.686. The van der Waals surface area contributed by atoms with Crippen molar-refractivity contribution >= 4 is 17.7 Å². The van der Waals surface area contributed by atoms with Crippen LogP contribution < -0.4 is 5.32 Å². The third kappa shape index (κ3) is 4.94. The van der Waals surface area contributed by atoms with Crippen LogP contribution in [0.3, 0.4) is 0 Å². The lowest BCUT2D eigenvalue weighted by atomic mass is 9.33. The third-order valence-electron chi connectivity index (χ3n) is 14.2. The van der Waals surface area contributed by atoms with Crippen LogP contribution in [0.25, 0.3) is 0 Å². The SMILES string of the molecule is CC(C)C1=C2[C@H]3CC[C@@H]4[C@@]5(C)CC[C@H](O)C(C)(C)[C@@H]5CC[C@@]4(C)[C@]3(C)CC[C@@]2(C(=O)CCCNC(=O)OC(C)(C)C)CC1=O. The molecule has 0 radical (unpaired) electrons. The van der Waals surface area contributed by atoms with Crippen molar-refractivity contribution in [1.29, 1.82) is 0 Å². The molecule has 0 spiro atoms. The molecule has 8 atom stereocenters. The summed E-state index contributed by atoms with van der Waals surface area (Å²) in [6, 6.07) is 0. The summed E-state index contributed by atoms with van der Waals surface area (Å²) >= 11 is 0. The van der Waals surface area contributed by atoms with E-state index in [1.54, 1.807) is 0 Å². The molecule has 0 saturated heterocycles. The van der Waals surface area contributed by atoms with Crippen molar-refractivity contribution in [2.24, 2.45) is 50.7 Å². The molecule has 6 nitrogen and oxygen atoms in total. The first kappa shape index (κ1) is 33.7. The molecule has 0 heterocycles. The predicted octanol–water partition coefficient (Wildman–Crippen LogP) is 8.20. The highest BCUT2D eigenvalue weighted by molar-refractivity contribution is 6.07. The maximum Gasteiger partial charge on any atom is 0.407 e. The molecule has 5 aliphatic rings. The number of nitrogens with one attached hydrogen (secondary N) is 1. The number of amides is 1. The van der Waals surface area contributed by atoms with Gasteiger partial charge in [-0.1, -0.05) is 48.5 Å². The van der Waals surface area contributed by atoms with Crippen molar-refractivity contribution in [3.05, 3.63) is 11.1 Å². The van der Waals surface area contributed by atoms with E-state index in [1.165, 1.54) is 5.57 Å². The molecule has 2 N–H and O–H groups in total. The zero-order valence-electron chi connectivity index (χ0n) is 29.5. The zero-order chi connectivity index (χ0) is 32.7. The molecule has 6 heteroatoms. The van der Waals surface area contributed by atoms with E-state index >= 15 is 0 Å². The Morgan fingerprint density at radius 1 is 0.932 bits per heavy atom. The summed E-state index contributed by atoms with van der Waals surface area (Å²) in [6.45, 7) is 22.4. The number of ketones is 2. The number of alkyl carbamates (subject to hydrolysis) is 1. The van der Waals surface area contributed by atoms with E-state index in [0.29, 0.717) is 37.6 Å². The third-order valence-corrected chi connectivity index (χ3v) is 14.2. The van der Waals surface area contributed by atoms with Gasteiger partial charge >= 0.3 is 6.09 Å². The molecule has 0 aromatic heterocycles. The number of Topliss-reactive ketones (excluding diaryl/α,β-unsaturated/α-hetero) is 2. The second-order valence-corrected chi connectivity index (χ2v) is 18.1. The van der Waals surface area contributed by atoms with Gasteiger partial charge in [0.1, 0.15) is 11.4 Å². The summed E-state index contributed by atoms with van der Waals surface area (Å²) in [5.41, 5.74) is 1.16. The lowest BCUT2D eigenvalue weighted by Crippen LogP contribution is -2.65. The van der Waals surface area contributed by atoms with Gasteiger partial charge in [-0.2, -0.15) is 0 Å². The highest BCUT2D eigenvalue weighted by Crippen LogP contribution is 2.76. The van der Waals surface area contributed by atoms with Gasteiger partial charge in [0.2, 0.25) is 0 Å². The second-order valence-electron chi connectivity index (χ2n) is 18.1. The quantitative estimate of drug-likeness (QED) is 0.295. The van der Waals surface area contributed by atoms with E-state index in [0.717, 1.165) is 56.9 Å². The smallest absolute Gasteiger partial charge is 0.407 e. The number of ether oxygens (including phenoxy) is 1. The van der Waals surface area contributed by atoms with E-state index in [-0.39, 0.29) is 51.2 Å². The molecule has 0 aromatic carbocycles. The Morgan fingerprint density at radius 3 is 2.25 bits per heavy atom. The maximum absolute atomic E-state index is 14.3. The molecule has 0 aliphatic heterocycles. The van der Waals surface area contributed by atoms with E-state index in [1.807, 2.05) is 20.8 Å². The van der Waals surface area contributed by atoms with E-state index in [9.17, 15) is 19.5 Å². The van der Waals surface area contributed by atoms with Crippen LogP contribution in [0.5, 0.6) is 0 Å². The number of allylic oxidation sites excluding steroid dienone is 2. The van der Waals surface area contributed by atoms with Crippen LogP contribution in [-0.2, 0) is 14.3 Å². The summed E-state index contributed by atoms with van der Waals surface area (Å²) in [7, 11) is 0. The zero-order valence-corrected chi connectivity index (χ0v) is 29.5. The number of carbonyl (C=O) groups excluding carboxylic acids is 3. The van der Waals surface area contributed by atoms with Gasteiger partial charge in [0.05, 0.1) is 11.5 Å². The average molecular weight is 612 g/mol. The fraction of sp³-hybridized carbons (Fsp3) is 0.868. The molecule has 1 amide bonds. The van der Waals surface area contributed by atoms with E-state index < -0.39 is 17.1 Å². The van der Waals surface area contributed by atoms with Crippen LogP contribution in [0.1, 0.15) is 140 Å². The van der Waals surface area contributed by atoms with Crippen LogP contribution in [0.4, 0.5) is 4.79 Å². The fourth-order valence-corrected chi connectivity index (χ4v) is 11.9. The Balaban J connectivity index is 1.43. The first-order chi connectivity index (χ1) is 20.2. The highest BCUT2D eigenvalue weighted by atomic mass is 16.6. The summed E-state index contributed by atoms with van der Waals surface area (Å²) in [5.74, 6) is 1.80. The Morgan fingerprint density at radius 2 is 1.61 bits per heavy atom. The summed E-state index contributed by atoms with van der Waals surface area (Å²) in [4.78, 5) is 40.3. The predicted molar refractivity (Wildman–Crippen MR) is 174 cm³/mol. The van der Waals surface area contributed by atoms with Gasteiger partial charge in [0.15, 0.2) is 5.78 Å². The molecule has 0 unspecified atom stereocenters. The van der Waals surface area contributed by atoms with Gasteiger partial charge in [0, 0.05) is 19.4 Å². The van der Waals surface area contributed by atoms with Crippen molar-refractivity contribution in [1.82, 2.24) is 5.32 Å². The maximum atomic E-state index is 14.3. The average Bonchev–Trinajstić information content (AvgIpc) is 3.21. The lowest BCUT2D eigenvalue weighted by molar-refractivity contribution is -0.228. The number of rotatable bonds is 6. The molecule has 0 bridgehead atoms. The molecular weight excluding hydrogens is 550 g/mol. The van der Waals surface area contributed by atoms with Crippen LogP contribution in [-0.4, -0.2) is 41.0 Å². The minimum absolute atomic E-state index is 0.0201. The summed E-state index contributed by atoms with van der Waals surface area (Å²) in [5, 5.41) is 13.8. The van der Waals surface area contributed by atoms with Crippen LogP contribution in [0.2, 0.25) is 0 Å². The molecule has 4 saturated carbocycles. The number of hydrogen-bond acceptors (Lipinski definition) is 5. The van der Waals surface area contributed by atoms with Gasteiger partial charge in [-0.15, -0.1) is 0 Å².